The molecular formula is C28H31Cl2N3O4S. The van der Waals surface area contributed by atoms with E-state index in [0.717, 1.165) is 9.87 Å². The van der Waals surface area contributed by atoms with E-state index in [-0.39, 0.29) is 39.0 Å². The summed E-state index contributed by atoms with van der Waals surface area (Å²) in [5.74, 6) is -0.661. The number of carbonyl (C=O) groups excluding carboxylic acids is 2. The van der Waals surface area contributed by atoms with E-state index in [1.807, 2.05) is 44.2 Å². The fourth-order valence-corrected chi connectivity index (χ4v) is 5.68. The number of anilines is 1. The van der Waals surface area contributed by atoms with Gasteiger partial charge >= 0.3 is 0 Å². The molecule has 2 amide bonds. The average molecular weight is 577 g/mol. The molecule has 0 aliphatic rings. The van der Waals surface area contributed by atoms with Crippen molar-refractivity contribution in [3.63, 3.8) is 0 Å². The summed E-state index contributed by atoms with van der Waals surface area (Å²) in [6.07, 6.45) is 0. The molecule has 0 saturated carbocycles. The minimum absolute atomic E-state index is 0.00114. The Morgan fingerprint density at radius 3 is 1.97 bits per heavy atom. The quantitative estimate of drug-likeness (QED) is 0.332. The van der Waals surface area contributed by atoms with Crippen molar-refractivity contribution in [2.45, 2.75) is 38.3 Å². The van der Waals surface area contributed by atoms with Crippen LogP contribution in [0.1, 0.15) is 26.3 Å². The molecule has 0 saturated heterocycles. The van der Waals surface area contributed by atoms with Crippen molar-refractivity contribution in [3.8, 4) is 0 Å². The van der Waals surface area contributed by atoms with Gasteiger partial charge in [0, 0.05) is 23.1 Å². The van der Waals surface area contributed by atoms with Crippen molar-refractivity contribution in [3.05, 3.63) is 94.5 Å². The molecule has 0 heterocycles. The van der Waals surface area contributed by atoms with Crippen LogP contribution in [0.15, 0.2) is 83.8 Å². The number of benzene rings is 3. The molecule has 0 fully saturated rings. The number of hydrogen-bond donors (Lipinski definition) is 1. The minimum atomic E-state index is -4.19. The highest BCUT2D eigenvalue weighted by molar-refractivity contribution is 7.92. The van der Waals surface area contributed by atoms with E-state index in [4.69, 9.17) is 23.2 Å². The highest BCUT2D eigenvalue weighted by atomic mass is 35.5. The summed E-state index contributed by atoms with van der Waals surface area (Å²) in [7, 11) is -4.19. The Morgan fingerprint density at radius 1 is 0.868 bits per heavy atom. The monoisotopic (exact) mass is 575 g/mol. The van der Waals surface area contributed by atoms with Gasteiger partial charge in [-0.05, 0) is 48.7 Å². The number of nitrogens with one attached hydrogen (secondary N) is 1. The lowest BCUT2D eigenvalue weighted by Crippen LogP contribution is -2.51. The second-order valence-electron chi connectivity index (χ2n) is 9.27. The predicted molar refractivity (Wildman–Crippen MR) is 152 cm³/mol. The molecule has 0 aliphatic heterocycles. The summed E-state index contributed by atoms with van der Waals surface area (Å²) < 4.78 is 28.5. The maximum absolute atomic E-state index is 13.8. The molecule has 0 aromatic heterocycles. The lowest BCUT2D eigenvalue weighted by Gasteiger charge is -2.32. The van der Waals surface area contributed by atoms with Crippen molar-refractivity contribution in [1.29, 1.82) is 0 Å². The normalized spacial score (nSPS) is 12.2. The molecule has 3 aromatic carbocycles. The van der Waals surface area contributed by atoms with Crippen LogP contribution in [0.5, 0.6) is 0 Å². The molecule has 202 valence electrons. The third-order valence-electron chi connectivity index (χ3n) is 5.79. The van der Waals surface area contributed by atoms with E-state index in [1.165, 1.54) is 35.2 Å². The maximum Gasteiger partial charge on any atom is 0.264 e. The number of sulfonamides is 1. The van der Waals surface area contributed by atoms with Gasteiger partial charge < -0.3 is 10.2 Å². The van der Waals surface area contributed by atoms with Crippen molar-refractivity contribution in [1.82, 2.24) is 10.2 Å². The standard InChI is InChI=1S/C28H31Cl2N3O4S/c1-20(2)17-31-28(35)21(3)32(18-22-10-6-4-7-11-22)27(34)19-33(25-15-23(29)14-24(30)16-25)38(36,37)26-12-8-5-9-13-26/h4-16,20-21H,17-19H2,1-3H3,(H,31,35)/t21-/m1/s1. The number of hydrogen-bond acceptors (Lipinski definition) is 4. The Morgan fingerprint density at radius 2 is 1.42 bits per heavy atom. The second-order valence-corrected chi connectivity index (χ2v) is 12.0. The zero-order valence-electron chi connectivity index (χ0n) is 21.5. The van der Waals surface area contributed by atoms with Crippen LogP contribution >= 0.6 is 23.2 Å². The van der Waals surface area contributed by atoms with Gasteiger partial charge in [0.05, 0.1) is 10.6 Å². The molecule has 0 bridgehead atoms. The first-order valence-corrected chi connectivity index (χ1v) is 14.3. The molecule has 0 radical (unpaired) electrons. The highest BCUT2D eigenvalue weighted by Crippen LogP contribution is 2.30. The van der Waals surface area contributed by atoms with E-state index < -0.39 is 28.5 Å². The van der Waals surface area contributed by atoms with Gasteiger partial charge in [0.1, 0.15) is 12.6 Å². The van der Waals surface area contributed by atoms with E-state index in [9.17, 15) is 18.0 Å². The Hall–Kier alpha value is -3.07. The smallest absolute Gasteiger partial charge is 0.264 e. The van der Waals surface area contributed by atoms with Crippen LogP contribution in [0.3, 0.4) is 0 Å². The van der Waals surface area contributed by atoms with Crippen LogP contribution in [0, 0.1) is 5.92 Å². The van der Waals surface area contributed by atoms with E-state index in [0.29, 0.717) is 6.54 Å². The Kier molecular flexibility index (Phi) is 10.2. The summed E-state index contributed by atoms with van der Waals surface area (Å²) in [5.41, 5.74) is 0.934. The second kappa shape index (κ2) is 13.1. The van der Waals surface area contributed by atoms with Gasteiger partial charge in [0.25, 0.3) is 10.0 Å². The Bertz CT molecular complexity index is 1330. The minimum Gasteiger partial charge on any atom is -0.354 e. The van der Waals surface area contributed by atoms with Crippen LogP contribution in [0.2, 0.25) is 10.0 Å². The molecule has 10 heteroatoms. The SMILES string of the molecule is CC(C)CNC(=O)[C@@H](C)N(Cc1ccccc1)C(=O)CN(c1cc(Cl)cc(Cl)c1)S(=O)(=O)c1ccccc1. The lowest BCUT2D eigenvalue weighted by molar-refractivity contribution is -0.139. The molecule has 0 aliphatic carbocycles. The van der Waals surface area contributed by atoms with E-state index >= 15 is 0 Å². The van der Waals surface area contributed by atoms with Crippen LogP contribution in [0.25, 0.3) is 0 Å². The molecule has 3 aromatic rings. The zero-order chi connectivity index (χ0) is 27.9. The number of rotatable bonds is 11. The first-order chi connectivity index (χ1) is 18.0. The topological polar surface area (TPSA) is 86.8 Å². The third kappa shape index (κ3) is 7.72. The van der Waals surface area contributed by atoms with Gasteiger partial charge in [-0.25, -0.2) is 8.42 Å². The Labute approximate surface area is 234 Å². The number of carbonyl (C=O) groups is 2. The zero-order valence-corrected chi connectivity index (χ0v) is 23.8. The summed E-state index contributed by atoms with van der Waals surface area (Å²) in [6.45, 7) is 5.57. The first-order valence-electron chi connectivity index (χ1n) is 12.1. The van der Waals surface area contributed by atoms with Crippen molar-refractivity contribution >= 4 is 50.7 Å². The van der Waals surface area contributed by atoms with Gasteiger partial charge in [-0.2, -0.15) is 0 Å². The fraction of sp³-hybridized carbons (Fsp3) is 0.286. The van der Waals surface area contributed by atoms with Crippen molar-refractivity contribution < 1.29 is 18.0 Å². The molecule has 1 atom stereocenters. The Balaban J connectivity index is 2.02. The highest BCUT2D eigenvalue weighted by Gasteiger charge is 2.32. The number of nitrogens with zero attached hydrogens (tertiary/aromatic N) is 2. The van der Waals surface area contributed by atoms with E-state index in [2.05, 4.69) is 5.32 Å². The fourth-order valence-electron chi connectivity index (χ4n) is 3.75. The van der Waals surface area contributed by atoms with Crippen molar-refractivity contribution in [2.24, 2.45) is 5.92 Å². The van der Waals surface area contributed by atoms with Gasteiger partial charge in [-0.1, -0.05) is 85.6 Å². The largest absolute Gasteiger partial charge is 0.354 e. The summed E-state index contributed by atoms with van der Waals surface area (Å²) >= 11 is 12.4. The molecule has 38 heavy (non-hydrogen) atoms. The van der Waals surface area contributed by atoms with E-state index in [1.54, 1.807) is 25.1 Å². The molecule has 1 N–H and O–H groups in total. The van der Waals surface area contributed by atoms with Crippen LogP contribution in [-0.2, 0) is 26.2 Å². The number of halogens is 2. The third-order valence-corrected chi connectivity index (χ3v) is 8.02. The molecule has 3 rings (SSSR count). The number of amides is 2. The lowest BCUT2D eigenvalue weighted by atomic mass is 10.1. The van der Waals surface area contributed by atoms with Gasteiger partial charge in [-0.3, -0.25) is 13.9 Å². The average Bonchev–Trinajstić information content (AvgIpc) is 2.88. The first kappa shape index (κ1) is 29.5. The molecule has 0 unspecified atom stereocenters. The summed E-state index contributed by atoms with van der Waals surface area (Å²) in [6, 6.07) is 20.5. The van der Waals surface area contributed by atoms with Crippen LogP contribution in [0.4, 0.5) is 5.69 Å². The molecular weight excluding hydrogens is 545 g/mol. The maximum atomic E-state index is 13.8. The summed E-state index contributed by atoms with van der Waals surface area (Å²) in [5, 5.41) is 3.30. The van der Waals surface area contributed by atoms with Gasteiger partial charge in [-0.15, -0.1) is 0 Å². The molecule has 7 nitrogen and oxygen atoms in total. The predicted octanol–water partition coefficient (Wildman–Crippen LogP) is 5.38. The van der Waals surface area contributed by atoms with Crippen LogP contribution < -0.4 is 9.62 Å². The van der Waals surface area contributed by atoms with Gasteiger partial charge in [0.2, 0.25) is 11.8 Å². The van der Waals surface area contributed by atoms with Crippen molar-refractivity contribution in [2.75, 3.05) is 17.4 Å². The van der Waals surface area contributed by atoms with Gasteiger partial charge in [0.15, 0.2) is 0 Å². The summed E-state index contributed by atoms with van der Waals surface area (Å²) in [4.78, 5) is 28.2. The van der Waals surface area contributed by atoms with Crippen LogP contribution in [-0.4, -0.2) is 44.3 Å². The molecule has 0 spiro atoms.